The predicted octanol–water partition coefficient (Wildman–Crippen LogP) is 0.467. The fraction of sp³-hybridized carbons (Fsp3) is 0.583. The van der Waals surface area contributed by atoms with E-state index in [0.717, 1.165) is 0 Å². The van der Waals surface area contributed by atoms with E-state index in [1.54, 1.807) is 0 Å². The third-order valence-corrected chi connectivity index (χ3v) is 3.90. The van der Waals surface area contributed by atoms with E-state index in [1.807, 2.05) is 0 Å². The molecular formula is C12H14ClFN4O4. The summed E-state index contributed by atoms with van der Waals surface area (Å²) in [6, 6.07) is 0. The van der Waals surface area contributed by atoms with Gasteiger partial charge in [-0.3, -0.25) is 4.57 Å². The van der Waals surface area contributed by atoms with E-state index < -0.39 is 30.7 Å². The topological polar surface area (TPSA) is 103 Å². The van der Waals surface area contributed by atoms with E-state index in [-0.39, 0.29) is 22.3 Å². The Balaban J connectivity index is 2.10. The van der Waals surface area contributed by atoms with Gasteiger partial charge in [-0.2, -0.15) is 9.97 Å². The molecule has 1 saturated heterocycles. The number of alkyl halides is 1. The highest BCUT2D eigenvalue weighted by molar-refractivity contribution is 6.28. The van der Waals surface area contributed by atoms with E-state index in [1.165, 1.54) is 24.9 Å². The summed E-state index contributed by atoms with van der Waals surface area (Å²) in [5.74, 6) is 0.146. The number of hydrogen-bond donors (Lipinski definition) is 2. The highest BCUT2D eigenvalue weighted by atomic mass is 35.5. The zero-order valence-corrected chi connectivity index (χ0v) is 12.5. The van der Waals surface area contributed by atoms with E-state index in [0.29, 0.717) is 0 Å². The Morgan fingerprint density at radius 1 is 1.55 bits per heavy atom. The van der Waals surface area contributed by atoms with Crippen molar-refractivity contribution in [2.45, 2.75) is 31.0 Å². The average Bonchev–Trinajstić information content (AvgIpc) is 3.01. The number of nitrogens with zero attached hydrogens (tertiary/aromatic N) is 4. The lowest BCUT2D eigenvalue weighted by Gasteiger charge is -2.24. The van der Waals surface area contributed by atoms with Crippen molar-refractivity contribution in [3.63, 3.8) is 0 Å². The lowest BCUT2D eigenvalue weighted by molar-refractivity contribution is -0.115. The maximum Gasteiger partial charge on any atom is 0.246 e. The monoisotopic (exact) mass is 332 g/mol. The van der Waals surface area contributed by atoms with Gasteiger partial charge < -0.3 is 19.7 Å². The second-order valence-electron chi connectivity index (χ2n) is 5.19. The van der Waals surface area contributed by atoms with Crippen LogP contribution in [0.5, 0.6) is 5.88 Å². The number of rotatable bonds is 3. The molecule has 0 aliphatic carbocycles. The van der Waals surface area contributed by atoms with Crippen LogP contribution in [0.2, 0.25) is 5.28 Å². The summed E-state index contributed by atoms with van der Waals surface area (Å²) in [6.45, 7) is 0.892. The highest BCUT2D eigenvalue weighted by Crippen LogP contribution is 2.40. The van der Waals surface area contributed by atoms with Crippen molar-refractivity contribution < 1.29 is 24.1 Å². The fourth-order valence-corrected chi connectivity index (χ4v) is 2.59. The molecule has 3 rings (SSSR count). The summed E-state index contributed by atoms with van der Waals surface area (Å²) in [7, 11) is 1.40. The number of aliphatic hydroxyl groups excluding tert-OH is 2. The summed E-state index contributed by atoms with van der Waals surface area (Å²) < 4.78 is 26.2. The lowest BCUT2D eigenvalue weighted by atomic mass is 9.99. The van der Waals surface area contributed by atoms with Crippen molar-refractivity contribution in [2.24, 2.45) is 0 Å². The van der Waals surface area contributed by atoms with Gasteiger partial charge in [-0.25, -0.2) is 9.37 Å². The Hall–Kier alpha value is -1.55. The van der Waals surface area contributed by atoms with Gasteiger partial charge in [0.15, 0.2) is 23.6 Å². The van der Waals surface area contributed by atoms with Gasteiger partial charge >= 0.3 is 0 Å². The van der Waals surface area contributed by atoms with Gasteiger partial charge in [0.05, 0.1) is 20.0 Å². The molecule has 1 aliphatic heterocycles. The van der Waals surface area contributed by atoms with Crippen LogP contribution in [0.1, 0.15) is 13.2 Å². The maximum absolute atomic E-state index is 14.4. The molecule has 3 heterocycles. The van der Waals surface area contributed by atoms with Crippen LogP contribution < -0.4 is 4.74 Å². The third-order valence-electron chi connectivity index (χ3n) is 3.73. The molecular weight excluding hydrogens is 319 g/mol. The van der Waals surface area contributed by atoms with Gasteiger partial charge in [0, 0.05) is 0 Å². The highest BCUT2D eigenvalue weighted by Gasteiger charge is 2.53. The van der Waals surface area contributed by atoms with E-state index >= 15 is 0 Å². The first-order chi connectivity index (χ1) is 10.4. The Kier molecular flexibility index (Phi) is 3.68. The Morgan fingerprint density at radius 3 is 2.86 bits per heavy atom. The predicted molar refractivity (Wildman–Crippen MR) is 73.4 cm³/mol. The molecule has 0 unspecified atom stereocenters. The number of hydrogen-bond acceptors (Lipinski definition) is 7. The third kappa shape index (κ3) is 2.12. The molecule has 1 aliphatic rings. The molecule has 8 nitrogen and oxygen atoms in total. The SMILES string of the molecule is COc1nc(Cl)nc2c1ncn2[C@H]1O[C@](C)(CO)[C@@H](O)[C@@H]1F. The summed E-state index contributed by atoms with van der Waals surface area (Å²) in [6.07, 6.45) is -3.16. The first-order valence-corrected chi connectivity index (χ1v) is 6.84. The van der Waals surface area contributed by atoms with Gasteiger partial charge in [0.2, 0.25) is 11.2 Å². The molecule has 120 valence electrons. The number of ether oxygens (including phenoxy) is 2. The largest absolute Gasteiger partial charge is 0.479 e. The summed E-state index contributed by atoms with van der Waals surface area (Å²) in [5, 5.41) is 19.2. The number of halogens is 2. The van der Waals surface area contributed by atoms with Gasteiger partial charge in [-0.15, -0.1) is 0 Å². The van der Waals surface area contributed by atoms with Crippen molar-refractivity contribution in [3.05, 3.63) is 11.6 Å². The smallest absolute Gasteiger partial charge is 0.246 e. The second kappa shape index (κ2) is 5.27. The normalized spacial score (nSPS) is 31.8. The number of methoxy groups -OCH3 is 1. The standard InChI is InChI=1S/C12H14ClFN4O4/c1-12(3-19)7(20)5(14)10(22-12)18-4-15-6-8(18)16-11(13)17-9(6)21-2/h4-5,7,10,19-20H,3H2,1-2H3/t5-,7-,10-,12+/m0/s1. The number of aliphatic hydroxyl groups is 2. The minimum absolute atomic E-state index is 0.0926. The molecule has 0 saturated carbocycles. The molecule has 22 heavy (non-hydrogen) atoms. The second-order valence-corrected chi connectivity index (χ2v) is 5.53. The van der Waals surface area contributed by atoms with Crippen LogP contribution in [0.15, 0.2) is 6.33 Å². The van der Waals surface area contributed by atoms with Gasteiger partial charge in [0.25, 0.3) is 0 Å². The van der Waals surface area contributed by atoms with Crippen molar-refractivity contribution in [2.75, 3.05) is 13.7 Å². The molecule has 2 aromatic heterocycles. The molecule has 4 atom stereocenters. The maximum atomic E-state index is 14.4. The van der Waals surface area contributed by atoms with Crippen LogP contribution in [0.4, 0.5) is 4.39 Å². The van der Waals surface area contributed by atoms with E-state index in [2.05, 4.69) is 15.0 Å². The molecule has 0 spiro atoms. The van der Waals surface area contributed by atoms with Crippen LogP contribution in [0.3, 0.4) is 0 Å². The zero-order chi connectivity index (χ0) is 16.1. The molecule has 2 aromatic rings. The lowest BCUT2D eigenvalue weighted by Crippen LogP contribution is -2.42. The molecule has 0 amide bonds. The number of imidazole rings is 1. The molecule has 10 heteroatoms. The average molecular weight is 333 g/mol. The molecule has 0 radical (unpaired) electrons. The minimum atomic E-state index is -1.77. The Labute approximate surface area is 129 Å². The quantitative estimate of drug-likeness (QED) is 0.787. The summed E-state index contributed by atoms with van der Waals surface area (Å²) in [4.78, 5) is 11.9. The number of fused-ring (bicyclic) bond motifs is 1. The zero-order valence-electron chi connectivity index (χ0n) is 11.8. The Morgan fingerprint density at radius 2 is 2.27 bits per heavy atom. The Bertz CT molecular complexity index is 714. The fourth-order valence-electron chi connectivity index (χ4n) is 2.44. The van der Waals surface area contributed by atoms with Crippen LogP contribution >= 0.6 is 11.6 Å². The van der Waals surface area contributed by atoms with Crippen LogP contribution in [0, 0.1) is 0 Å². The molecule has 0 bridgehead atoms. The van der Waals surface area contributed by atoms with Crippen molar-refractivity contribution in [1.29, 1.82) is 0 Å². The first kappa shape index (κ1) is 15.3. The van der Waals surface area contributed by atoms with Crippen molar-refractivity contribution in [3.8, 4) is 5.88 Å². The van der Waals surface area contributed by atoms with Crippen LogP contribution in [-0.4, -0.2) is 61.3 Å². The molecule has 2 N–H and O–H groups in total. The van der Waals surface area contributed by atoms with Gasteiger partial charge in [-0.05, 0) is 18.5 Å². The van der Waals surface area contributed by atoms with Crippen molar-refractivity contribution in [1.82, 2.24) is 19.5 Å². The van der Waals surface area contributed by atoms with Gasteiger partial charge in [-0.1, -0.05) is 0 Å². The van der Waals surface area contributed by atoms with Crippen molar-refractivity contribution >= 4 is 22.8 Å². The number of aromatic nitrogens is 4. The molecule has 1 fully saturated rings. The minimum Gasteiger partial charge on any atom is -0.479 e. The van der Waals surface area contributed by atoms with E-state index in [4.69, 9.17) is 21.1 Å². The summed E-state index contributed by atoms with van der Waals surface area (Å²) >= 11 is 5.82. The molecule has 0 aromatic carbocycles. The van der Waals surface area contributed by atoms with Gasteiger partial charge in [0.1, 0.15) is 11.7 Å². The van der Waals surface area contributed by atoms with Crippen LogP contribution in [0.25, 0.3) is 11.2 Å². The van der Waals surface area contributed by atoms with Crippen LogP contribution in [-0.2, 0) is 4.74 Å². The first-order valence-electron chi connectivity index (χ1n) is 6.46. The van der Waals surface area contributed by atoms with E-state index in [9.17, 15) is 14.6 Å². The summed E-state index contributed by atoms with van der Waals surface area (Å²) in [5.41, 5.74) is -0.921.